The Kier molecular flexibility index (Phi) is 6.32. The lowest BCUT2D eigenvalue weighted by molar-refractivity contribution is -0.134. The van der Waals surface area contributed by atoms with Crippen LogP contribution >= 0.6 is 0 Å². The van der Waals surface area contributed by atoms with Crippen molar-refractivity contribution in [3.8, 4) is 11.5 Å². The van der Waals surface area contributed by atoms with Crippen LogP contribution in [0.1, 0.15) is 34.7 Å². The fourth-order valence-electron chi connectivity index (χ4n) is 4.83. The molecule has 0 aromatic heterocycles. The van der Waals surface area contributed by atoms with Crippen molar-refractivity contribution < 1.29 is 14.3 Å². The second-order valence-corrected chi connectivity index (χ2v) is 8.71. The van der Waals surface area contributed by atoms with Gasteiger partial charge in [-0.1, -0.05) is 54.6 Å². The van der Waals surface area contributed by atoms with Crippen LogP contribution in [0.15, 0.2) is 77.9 Å². The topological polar surface area (TPSA) is 54.4 Å². The maximum absolute atomic E-state index is 13.6. The summed E-state index contributed by atoms with van der Waals surface area (Å²) in [7, 11) is 3.27. The number of carbonyl (C=O) groups is 1. The molecule has 3 aromatic rings. The normalized spacial score (nSPS) is 17.8. The molecule has 2 aliphatic rings. The molecule has 1 unspecified atom stereocenters. The van der Waals surface area contributed by atoms with Gasteiger partial charge in [0.15, 0.2) is 0 Å². The monoisotopic (exact) mass is 455 g/mol. The van der Waals surface area contributed by atoms with E-state index in [9.17, 15) is 4.79 Å². The number of rotatable bonds is 6. The Morgan fingerprint density at radius 2 is 1.74 bits per heavy atom. The number of amides is 1. The smallest absolute Gasteiger partial charge is 0.257 e. The third-order valence-corrected chi connectivity index (χ3v) is 6.64. The highest BCUT2D eigenvalue weighted by atomic mass is 16.5. The number of nitrogens with zero attached hydrogens (tertiary/aromatic N) is 3. The maximum Gasteiger partial charge on any atom is 0.257 e. The fourth-order valence-corrected chi connectivity index (χ4v) is 4.83. The summed E-state index contributed by atoms with van der Waals surface area (Å²) in [5.41, 5.74) is 5.53. The summed E-state index contributed by atoms with van der Waals surface area (Å²) in [5, 5.41) is 6.49. The minimum atomic E-state index is -0.236. The number of hydrogen-bond donors (Lipinski definition) is 0. The van der Waals surface area contributed by atoms with Crippen LogP contribution in [0.25, 0.3) is 0 Å². The van der Waals surface area contributed by atoms with Gasteiger partial charge in [-0.15, -0.1) is 0 Å². The SMILES string of the molecule is COc1ccc(C2CC(c3ccccc3)=NN2C(=O)CN2CCc3ccccc3C2)c(OC)c1. The number of ether oxygens (including phenoxy) is 2. The van der Waals surface area contributed by atoms with Crippen LogP contribution in [0.5, 0.6) is 11.5 Å². The van der Waals surface area contributed by atoms with Crippen molar-refractivity contribution in [1.29, 1.82) is 0 Å². The molecule has 2 heterocycles. The van der Waals surface area contributed by atoms with E-state index in [2.05, 4.69) is 29.2 Å². The molecule has 0 bridgehead atoms. The number of benzene rings is 3. The zero-order chi connectivity index (χ0) is 23.5. The molecular formula is C28H29N3O3. The minimum Gasteiger partial charge on any atom is -0.497 e. The summed E-state index contributed by atoms with van der Waals surface area (Å²) < 4.78 is 11.1. The molecule has 6 heteroatoms. The van der Waals surface area contributed by atoms with Gasteiger partial charge in [-0.25, -0.2) is 5.01 Å². The average molecular weight is 456 g/mol. The summed E-state index contributed by atoms with van der Waals surface area (Å²) in [6, 6.07) is 24.0. The van der Waals surface area contributed by atoms with Gasteiger partial charge in [0.1, 0.15) is 11.5 Å². The predicted molar refractivity (Wildman–Crippen MR) is 132 cm³/mol. The van der Waals surface area contributed by atoms with Crippen molar-refractivity contribution in [2.75, 3.05) is 27.3 Å². The number of methoxy groups -OCH3 is 2. The Morgan fingerprint density at radius 1 is 0.971 bits per heavy atom. The standard InChI is InChI=1S/C28H29N3O3/c1-33-23-12-13-24(27(16-23)34-2)26-17-25(21-9-4-3-5-10-21)29-31(26)28(32)19-30-15-14-20-8-6-7-11-22(20)18-30/h3-13,16,26H,14-15,17-19H2,1-2H3. The maximum atomic E-state index is 13.6. The largest absolute Gasteiger partial charge is 0.497 e. The van der Waals surface area contributed by atoms with Crippen LogP contribution < -0.4 is 9.47 Å². The van der Waals surface area contributed by atoms with Gasteiger partial charge in [0.05, 0.1) is 32.5 Å². The van der Waals surface area contributed by atoms with Crippen molar-refractivity contribution in [3.05, 3.63) is 95.1 Å². The summed E-state index contributed by atoms with van der Waals surface area (Å²) in [6.45, 7) is 1.97. The molecule has 0 spiro atoms. The molecule has 5 rings (SSSR count). The van der Waals surface area contributed by atoms with E-state index in [-0.39, 0.29) is 11.9 Å². The van der Waals surface area contributed by atoms with Gasteiger partial charge in [0, 0.05) is 31.1 Å². The predicted octanol–water partition coefficient (Wildman–Crippen LogP) is 4.44. The second-order valence-electron chi connectivity index (χ2n) is 8.71. The highest BCUT2D eigenvalue weighted by molar-refractivity contribution is 6.03. The van der Waals surface area contributed by atoms with Gasteiger partial charge in [0.25, 0.3) is 5.91 Å². The molecule has 2 aliphatic heterocycles. The van der Waals surface area contributed by atoms with Gasteiger partial charge in [-0.05, 0) is 35.2 Å². The Hall–Kier alpha value is -3.64. The number of fused-ring (bicyclic) bond motifs is 1. The van der Waals surface area contributed by atoms with E-state index in [1.54, 1.807) is 19.2 Å². The van der Waals surface area contributed by atoms with Gasteiger partial charge < -0.3 is 9.47 Å². The summed E-state index contributed by atoms with van der Waals surface area (Å²) in [5.74, 6) is 1.40. The first kappa shape index (κ1) is 22.2. The van der Waals surface area contributed by atoms with Crippen LogP contribution in [0, 0.1) is 0 Å². The molecule has 34 heavy (non-hydrogen) atoms. The Bertz CT molecular complexity index is 1210. The lowest BCUT2D eigenvalue weighted by Gasteiger charge is -2.30. The molecule has 0 saturated heterocycles. The zero-order valence-corrected chi connectivity index (χ0v) is 19.6. The molecule has 6 nitrogen and oxygen atoms in total. The third kappa shape index (κ3) is 4.41. The van der Waals surface area contributed by atoms with Gasteiger partial charge in [-0.3, -0.25) is 9.69 Å². The molecule has 174 valence electrons. The molecule has 0 radical (unpaired) electrons. The van der Waals surface area contributed by atoms with E-state index in [0.29, 0.717) is 24.5 Å². The fraction of sp³-hybridized carbons (Fsp3) is 0.286. The van der Waals surface area contributed by atoms with Gasteiger partial charge >= 0.3 is 0 Å². The van der Waals surface area contributed by atoms with Crippen LogP contribution in [-0.2, 0) is 17.8 Å². The molecule has 1 atom stereocenters. The van der Waals surface area contributed by atoms with Crippen molar-refractivity contribution in [2.45, 2.75) is 25.4 Å². The molecule has 0 fully saturated rings. The first-order valence-corrected chi connectivity index (χ1v) is 11.6. The zero-order valence-electron chi connectivity index (χ0n) is 19.6. The van der Waals surface area contributed by atoms with E-state index in [1.807, 2.05) is 48.5 Å². The Morgan fingerprint density at radius 3 is 2.50 bits per heavy atom. The number of carbonyl (C=O) groups excluding carboxylic acids is 1. The molecule has 1 amide bonds. The number of hydrazone groups is 1. The van der Waals surface area contributed by atoms with Crippen LogP contribution in [0.3, 0.4) is 0 Å². The average Bonchev–Trinajstić information content (AvgIpc) is 3.34. The van der Waals surface area contributed by atoms with Gasteiger partial charge in [0.2, 0.25) is 0 Å². The quantitative estimate of drug-likeness (QED) is 0.552. The van der Waals surface area contributed by atoms with Crippen molar-refractivity contribution in [3.63, 3.8) is 0 Å². The van der Waals surface area contributed by atoms with E-state index in [4.69, 9.17) is 14.6 Å². The van der Waals surface area contributed by atoms with Gasteiger partial charge in [-0.2, -0.15) is 5.10 Å². The third-order valence-electron chi connectivity index (χ3n) is 6.64. The molecule has 0 aliphatic carbocycles. The minimum absolute atomic E-state index is 0.00631. The summed E-state index contributed by atoms with van der Waals surface area (Å²) in [4.78, 5) is 15.8. The summed E-state index contributed by atoms with van der Waals surface area (Å²) >= 11 is 0. The van der Waals surface area contributed by atoms with E-state index in [1.165, 1.54) is 11.1 Å². The lowest BCUT2D eigenvalue weighted by atomic mass is 9.97. The first-order valence-electron chi connectivity index (χ1n) is 11.6. The Balaban J connectivity index is 1.43. The van der Waals surface area contributed by atoms with Crippen LogP contribution in [0.4, 0.5) is 0 Å². The van der Waals surface area contributed by atoms with E-state index in [0.717, 1.165) is 36.3 Å². The van der Waals surface area contributed by atoms with Crippen molar-refractivity contribution in [1.82, 2.24) is 9.91 Å². The van der Waals surface area contributed by atoms with Crippen LogP contribution in [-0.4, -0.2) is 48.8 Å². The highest BCUT2D eigenvalue weighted by Crippen LogP contribution is 2.39. The van der Waals surface area contributed by atoms with E-state index < -0.39 is 0 Å². The molecular weight excluding hydrogens is 426 g/mol. The second kappa shape index (κ2) is 9.69. The number of hydrogen-bond acceptors (Lipinski definition) is 5. The highest BCUT2D eigenvalue weighted by Gasteiger charge is 2.35. The molecule has 0 N–H and O–H groups in total. The first-order chi connectivity index (χ1) is 16.7. The van der Waals surface area contributed by atoms with E-state index >= 15 is 0 Å². The Labute approximate surface area is 200 Å². The van der Waals surface area contributed by atoms with Crippen LogP contribution in [0.2, 0.25) is 0 Å². The summed E-state index contributed by atoms with van der Waals surface area (Å²) in [6.07, 6.45) is 1.58. The van der Waals surface area contributed by atoms with Crippen molar-refractivity contribution >= 4 is 11.6 Å². The molecule has 3 aromatic carbocycles. The molecule has 0 saturated carbocycles. The van der Waals surface area contributed by atoms with Crippen molar-refractivity contribution in [2.24, 2.45) is 5.10 Å². The lowest BCUT2D eigenvalue weighted by Crippen LogP contribution is -2.40.